The fourth-order valence-corrected chi connectivity index (χ4v) is 2.10. The fraction of sp³-hybridized carbons (Fsp3) is 1.00. The highest BCUT2D eigenvalue weighted by Gasteiger charge is 2.18. The maximum absolute atomic E-state index is 9.11. The first-order valence-electron chi connectivity index (χ1n) is 6.26. The van der Waals surface area contributed by atoms with Gasteiger partial charge >= 0.3 is 0 Å². The standard InChI is InChI=1S/C12H25NO3/c1-15-7-3-8-16-9-6-13-5-2-4-12(10-13)11-14/h12,14H,2-11H2,1H3. The molecular weight excluding hydrogens is 206 g/mol. The van der Waals surface area contributed by atoms with Crippen LogP contribution in [0.2, 0.25) is 0 Å². The zero-order valence-electron chi connectivity index (χ0n) is 10.4. The minimum atomic E-state index is 0.325. The molecular formula is C12H25NO3. The molecule has 0 radical (unpaired) electrons. The first kappa shape index (κ1) is 13.9. The van der Waals surface area contributed by atoms with Gasteiger partial charge in [-0.3, -0.25) is 0 Å². The van der Waals surface area contributed by atoms with Gasteiger partial charge in [0, 0.05) is 40.0 Å². The second kappa shape index (κ2) is 8.93. The van der Waals surface area contributed by atoms with E-state index in [1.165, 1.54) is 12.8 Å². The van der Waals surface area contributed by atoms with Crippen LogP contribution in [0.25, 0.3) is 0 Å². The minimum Gasteiger partial charge on any atom is -0.396 e. The van der Waals surface area contributed by atoms with Crippen molar-refractivity contribution in [2.75, 3.05) is 53.2 Å². The van der Waals surface area contributed by atoms with Gasteiger partial charge in [-0.25, -0.2) is 0 Å². The third-order valence-electron chi connectivity index (χ3n) is 3.05. The molecule has 0 amide bonds. The molecule has 1 heterocycles. The zero-order valence-corrected chi connectivity index (χ0v) is 10.4. The van der Waals surface area contributed by atoms with E-state index >= 15 is 0 Å². The topological polar surface area (TPSA) is 41.9 Å². The predicted octanol–water partition coefficient (Wildman–Crippen LogP) is 0.744. The molecule has 0 spiro atoms. The van der Waals surface area contributed by atoms with Crippen LogP contribution in [-0.2, 0) is 9.47 Å². The van der Waals surface area contributed by atoms with Crippen molar-refractivity contribution in [3.8, 4) is 0 Å². The normalized spacial score (nSPS) is 22.5. The van der Waals surface area contributed by atoms with E-state index in [9.17, 15) is 0 Å². The second-order valence-electron chi connectivity index (χ2n) is 4.45. The summed E-state index contributed by atoms with van der Waals surface area (Å²) in [5.74, 6) is 0.474. The number of hydrogen-bond acceptors (Lipinski definition) is 4. The Morgan fingerprint density at radius 3 is 2.94 bits per heavy atom. The maximum atomic E-state index is 9.11. The summed E-state index contributed by atoms with van der Waals surface area (Å²) in [6.45, 7) is 5.84. The summed E-state index contributed by atoms with van der Waals surface area (Å²) in [5.41, 5.74) is 0. The SMILES string of the molecule is COCCCOCCN1CCCC(CO)C1. The molecule has 0 aliphatic carbocycles. The Labute approximate surface area is 98.5 Å². The van der Waals surface area contributed by atoms with Gasteiger partial charge in [-0.05, 0) is 31.7 Å². The lowest BCUT2D eigenvalue weighted by Gasteiger charge is -2.31. The summed E-state index contributed by atoms with van der Waals surface area (Å²) in [5, 5.41) is 9.11. The highest BCUT2D eigenvalue weighted by molar-refractivity contribution is 4.71. The van der Waals surface area contributed by atoms with Crippen LogP contribution in [0.4, 0.5) is 0 Å². The zero-order chi connectivity index (χ0) is 11.6. The highest BCUT2D eigenvalue weighted by Crippen LogP contribution is 2.15. The van der Waals surface area contributed by atoms with E-state index in [0.29, 0.717) is 12.5 Å². The summed E-state index contributed by atoms with van der Waals surface area (Å²) in [6, 6.07) is 0. The molecule has 1 fully saturated rings. The molecule has 1 aliphatic heterocycles. The van der Waals surface area contributed by atoms with Crippen LogP contribution in [0.5, 0.6) is 0 Å². The van der Waals surface area contributed by atoms with E-state index in [4.69, 9.17) is 14.6 Å². The van der Waals surface area contributed by atoms with Crippen LogP contribution in [0, 0.1) is 5.92 Å². The number of methoxy groups -OCH3 is 1. The quantitative estimate of drug-likeness (QED) is 0.626. The molecule has 1 unspecified atom stereocenters. The molecule has 1 atom stereocenters. The Balaban J connectivity index is 1.95. The van der Waals surface area contributed by atoms with E-state index in [1.54, 1.807) is 7.11 Å². The number of rotatable bonds is 8. The molecule has 1 saturated heterocycles. The van der Waals surface area contributed by atoms with Crippen molar-refractivity contribution in [2.45, 2.75) is 19.3 Å². The van der Waals surface area contributed by atoms with Crippen molar-refractivity contribution in [1.82, 2.24) is 4.90 Å². The molecule has 16 heavy (non-hydrogen) atoms. The van der Waals surface area contributed by atoms with Crippen molar-refractivity contribution in [3.05, 3.63) is 0 Å². The highest BCUT2D eigenvalue weighted by atomic mass is 16.5. The Bertz CT molecular complexity index is 166. The first-order valence-corrected chi connectivity index (χ1v) is 6.26. The molecule has 0 bridgehead atoms. The molecule has 0 aromatic carbocycles. The van der Waals surface area contributed by atoms with E-state index < -0.39 is 0 Å². The Hall–Kier alpha value is -0.160. The summed E-state index contributed by atoms with van der Waals surface area (Å²) in [6.07, 6.45) is 3.34. The van der Waals surface area contributed by atoms with Gasteiger partial charge in [0.15, 0.2) is 0 Å². The molecule has 4 nitrogen and oxygen atoms in total. The van der Waals surface area contributed by atoms with Crippen molar-refractivity contribution < 1.29 is 14.6 Å². The van der Waals surface area contributed by atoms with E-state index in [-0.39, 0.29) is 0 Å². The summed E-state index contributed by atoms with van der Waals surface area (Å²) in [4.78, 5) is 2.39. The average molecular weight is 231 g/mol. The van der Waals surface area contributed by atoms with Crippen molar-refractivity contribution >= 4 is 0 Å². The lowest BCUT2D eigenvalue weighted by Crippen LogP contribution is -2.38. The maximum Gasteiger partial charge on any atom is 0.0593 e. The number of piperidine rings is 1. The van der Waals surface area contributed by atoms with Gasteiger partial charge < -0.3 is 19.5 Å². The number of aliphatic hydroxyl groups excluding tert-OH is 1. The largest absolute Gasteiger partial charge is 0.396 e. The first-order chi connectivity index (χ1) is 7.86. The van der Waals surface area contributed by atoms with Crippen molar-refractivity contribution in [1.29, 1.82) is 0 Å². The number of aliphatic hydroxyl groups is 1. The summed E-state index contributed by atoms with van der Waals surface area (Å²) < 4.78 is 10.5. The Morgan fingerprint density at radius 1 is 1.31 bits per heavy atom. The summed E-state index contributed by atoms with van der Waals surface area (Å²) >= 11 is 0. The number of nitrogens with zero attached hydrogens (tertiary/aromatic N) is 1. The third kappa shape index (κ3) is 5.80. The van der Waals surface area contributed by atoms with Crippen LogP contribution < -0.4 is 0 Å². The average Bonchev–Trinajstić information content (AvgIpc) is 2.34. The number of ether oxygens (including phenoxy) is 2. The van der Waals surface area contributed by atoms with E-state index in [1.807, 2.05) is 0 Å². The van der Waals surface area contributed by atoms with Gasteiger partial charge in [0.25, 0.3) is 0 Å². The molecule has 96 valence electrons. The van der Waals surface area contributed by atoms with Gasteiger partial charge in [-0.2, -0.15) is 0 Å². The molecule has 1 aliphatic rings. The lowest BCUT2D eigenvalue weighted by molar-refractivity contribution is 0.0622. The van der Waals surface area contributed by atoms with Crippen LogP contribution in [-0.4, -0.2) is 63.2 Å². The Kier molecular flexibility index (Phi) is 7.76. The number of hydrogen-bond donors (Lipinski definition) is 1. The third-order valence-corrected chi connectivity index (χ3v) is 3.05. The molecule has 4 heteroatoms. The molecule has 0 aromatic heterocycles. The van der Waals surface area contributed by atoms with Gasteiger partial charge in [-0.1, -0.05) is 0 Å². The van der Waals surface area contributed by atoms with Crippen LogP contribution in [0.1, 0.15) is 19.3 Å². The van der Waals surface area contributed by atoms with Crippen molar-refractivity contribution in [2.24, 2.45) is 5.92 Å². The fourth-order valence-electron chi connectivity index (χ4n) is 2.10. The Morgan fingerprint density at radius 2 is 2.19 bits per heavy atom. The second-order valence-corrected chi connectivity index (χ2v) is 4.45. The molecule has 0 aromatic rings. The minimum absolute atomic E-state index is 0.325. The van der Waals surface area contributed by atoms with Crippen LogP contribution >= 0.6 is 0 Å². The lowest BCUT2D eigenvalue weighted by atomic mass is 9.99. The smallest absolute Gasteiger partial charge is 0.0593 e. The van der Waals surface area contributed by atoms with E-state index in [0.717, 1.165) is 45.9 Å². The van der Waals surface area contributed by atoms with Gasteiger partial charge in [-0.15, -0.1) is 0 Å². The summed E-state index contributed by atoms with van der Waals surface area (Å²) in [7, 11) is 1.71. The predicted molar refractivity (Wildman–Crippen MR) is 63.6 cm³/mol. The van der Waals surface area contributed by atoms with E-state index in [2.05, 4.69) is 4.90 Å². The van der Waals surface area contributed by atoms with Gasteiger partial charge in [0.2, 0.25) is 0 Å². The van der Waals surface area contributed by atoms with Gasteiger partial charge in [0.1, 0.15) is 0 Å². The van der Waals surface area contributed by atoms with Crippen molar-refractivity contribution in [3.63, 3.8) is 0 Å². The number of likely N-dealkylation sites (tertiary alicyclic amines) is 1. The monoisotopic (exact) mass is 231 g/mol. The molecule has 1 N–H and O–H groups in total. The van der Waals surface area contributed by atoms with Gasteiger partial charge in [0.05, 0.1) is 6.61 Å². The molecule has 1 rings (SSSR count). The van der Waals surface area contributed by atoms with Crippen LogP contribution in [0.3, 0.4) is 0 Å². The van der Waals surface area contributed by atoms with Crippen LogP contribution in [0.15, 0.2) is 0 Å². The molecule has 0 saturated carbocycles.